The van der Waals surface area contributed by atoms with Crippen molar-refractivity contribution in [3.63, 3.8) is 0 Å². The molecular formula is C15H15NO4. The van der Waals surface area contributed by atoms with Crippen LogP contribution in [-0.4, -0.2) is 18.2 Å². The average Bonchev–Trinajstić information content (AvgIpc) is 2.94. The largest absolute Gasteiger partial charge is 0.461 e. The van der Waals surface area contributed by atoms with E-state index >= 15 is 0 Å². The molecule has 1 N–H and O–H groups in total. The Labute approximate surface area is 116 Å². The van der Waals surface area contributed by atoms with Crippen molar-refractivity contribution in [2.45, 2.75) is 25.6 Å². The fraction of sp³-hybridized carbons (Fsp3) is 0.333. The van der Waals surface area contributed by atoms with Gasteiger partial charge >= 0.3 is 12.1 Å². The Morgan fingerprint density at radius 2 is 2.10 bits per heavy atom. The van der Waals surface area contributed by atoms with Gasteiger partial charge in [0.2, 0.25) is 0 Å². The summed E-state index contributed by atoms with van der Waals surface area (Å²) < 4.78 is 10.3. The molecule has 1 aromatic rings. The maximum atomic E-state index is 11.7. The van der Waals surface area contributed by atoms with Crippen molar-refractivity contribution in [3.05, 3.63) is 47.7 Å². The van der Waals surface area contributed by atoms with Crippen LogP contribution in [0.5, 0.6) is 0 Å². The van der Waals surface area contributed by atoms with Crippen LogP contribution in [0.2, 0.25) is 0 Å². The second-order valence-corrected chi connectivity index (χ2v) is 4.98. The number of benzene rings is 1. The summed E-state index contributed by atoms with van der Waals surface area (Å²) in [5, 5.41) is 2.70. The number of ether oxygens (including phenoxy) is 2. The van der Waals surface area contributed by atoms with Gasteiger partial charge in [-0.2, -0.15) is 0 Å². The first-order valence-electron chi connectivity index (χ1n) is 6.58. The van der Waals surface area contributed by atoms with E-state index in [0.717, 1.165) is 11.3 Å². The standard InChI is InChI=1S/C15H15NO4/c17-14-7-11-6-12(8-13(11)20-14)16-15(18)19-9-10-4-2-1-3-5-10/h1-6,11,13H,7-9H2,(H,16,18)/t11-,13-/m0/s1. The summed E-state index contributed by atoms with van der Waals surface area (Å²) in [5.41, 5.74) is 1.71. The van der Waals surface area contributed by atoms with Gasteiger partial charge < -0.3 is 9.47 Å². The molecule has 0 spiro atoms. The van der Waals surface area contributed by atoms with E-state index in [9.17, 15) is 9.59 Å². The Kier molecular flexibility index (Phi) is 3.41. The monoisotopic (exact) mass is 273 g/mol. The van der Waals surface area contributed by atoms with Crippen molar-refractivity contribution in [2.24, 2.45) is 5.92 Å². The third kappa shape index (κ3) is 2.82. The maximum Gasteiger partial charge on any atom is 0.411 e. The van der Waals surface area contributed by atoms with Crippen molar-refractivity contribution >= 4 is 12.1 Å². The van der Waals surface area contributed by atoms with Crippen molar-refractivity contribution in [2.75, 3.05) is 0 Å². The molecule has 1 fully saturated rings. The highest BCUT2D eigenvalue weighted by atomic mass is 16.6. The Hall–Kier alpha value is -2.30. The van der Waals surface area contributed by atoms with Crippen LogP contribution in [-0.2, 0) is 20.9 Å². The molecule has 20 heavy (non-hydrogen) atoms. The van der Waals surface area contributed by atoms with E-state index in [1.807, 2.05) is 36.4 Å². The highest BCUT2D eigenvalue weighted by Gasteiger charge is 2.38. The van der Waals surface area contributed by atoms with E-state index in [4.69, 9.17) is 9.47 Å². The normalized spacial score (nSPS) is 23.8. The molecule has 3 rings (SSSR count). The van der Waals surface area contributed by atoms with Crippen molar-refractivity contribution in [1.82, 2.24) is 5.32 Å². The SMILES string of the molecule is O=C1C[C@@H]2C=C(NC(=O)OCc3ccccc3)C[C@@H]2O1. The molecule has 0 bridgehead atoms. The van der Waals surface area contributed by atoms with Crippen LogP contribution >= 0.6 is 0 Å². The summed E-state index contributed by atoms with van der Waals surface area (Å²) in [6.07, 6.45) is 2.24. The molecule has 2 aliphatic rings. The van der Waals surface area contributed by atoms with Crippen LogP contribution in [0.3, 0.4) is 0 Å². The Bertz CT molecular complexity index is 552. The van der Waals surface area contributed by atoms with Crippen molar-refractivity contribution in [1.29, 1.82) is 0 Å². The number of carbonyl (C=O) groups is 2. The Balaban J connectivity index is 1.48. The molecule has 5 nitrogen and oxygen atoms in total. The van der Waals surface area contributed by atoms with Crippen LogP contribution < -0.4 is 5.32 Å². The van der Waals surface area contributed by atoms with Crippen molar-refractivity contribution < 1.29 is 19.1 Å². The van der Waals surface area contributed by atoms with E-state index in [1.54, 1.807) is 0 Å². The smallest absolute Gasteiger partial charge is 0.411 e. The van der Waals surface area contributed by atoms with Crippen LogP contribution in [0.4, 0.5) is 4.79 Å². The van der Waals surface area contributed by atoms with Gasteiger partial charge in [-0.15, -0.1) is 0 Å². The molecule has 5 heteroatoms. The zero-order valence-corrected chi connectivity index (χ0v) is 10.9. The summed E-state index contributed by atoms with van der Waals surface area (Å²) in [5.74, 6) is -0.0751. The highest BCUT2D eigenvalue weighted by Crippen LogP contribution is 2.34. The van der Waals surface area contributed by atoms with Crippen LogP contribution in [0.15, 0.2) is 42.1 Å². The first kappa shape index (κ1) is 12.7. The van der Waals surface area contributed by atoms with E-state index in [2.05, 4.69) is 5.32 Å². The number of alkyl carbamates (subject to hydrolysis) is 1. The van der Waals surface area contributed by atoms with Crippen LogP contribution in [0.25, 0.3) is 0 Å². The average molecular weight is 273 g/mol. The zero-order chi connectivity index (χ0) is 13.9. The number of hydrogen-bond acceptors (Lipinski definition) is 4. The lowest BCUT2D eigenvalue weighted by Crippen LogP contribution is -2.24. The third-order valence-corrected chi connectivity index (χ3v) is 3.47. The summed E-state index contributed by atoms with van der Waals surface area (Å²) in [7, 11) is 0. The molecule has 0 aromatic heterocycles. The van der Waals surface area contributed by atoms with Gasteiger partial charge in [-0.25, -0.2) is 4.79 Å². The second-order valence-electron chi connectivity index (χ2n) is 4.98. The fourth-order valence-electron chi connectivity index (χ4n) is 2.51. The minimum absolute atomic E-state index is 0.0897. The topological polar surface area (TPSA) is 64.6 Å². The molecule has 1 aliphatic heterocycles. The predicted octanol–water partition coefficient (Wildman–Crippen LogP) is 2.13. The summed E-state index contributed by atoms with van der Waals surface area (Å²) >= 11 is 0. The molecule has 1 aromatic carbocycles. The van der Waals surface area contributed by atoms with Crippen molar-refractivity contribution in [3.8, 4) is 0 Å². The lowest BCUT2D eigenvalue weighted by molar-refractivity contribution is -0.141. The molecule has 0 unspecified atom stereocenters. The molecule has 104 valence electrons. The van der Waals surface area contributed by atoms with Gasteiger partial charge in [-0.1, -0.05) is 36.4 Å². The minimum Gasteiger partial charge on any atom is -0.461 e. The molecular weight excluding hydrogens is 258 g/mol. The lowest BCUT2D eigenvalue weighted by atomic mass is 10.1. The molecule has 1 amide bonds. The first-order chi connectivity index (χ1) is 9.70. The Morgan fingerprint density at radius 3 is 2.85 bits per heavy atom. The van der Waals surface area contributed by atoms with Gasteiger partial charge in [0.15, 0.2) is 0 Å². The number of carbonyl (C=O) groups excluding carboxylic acids is 2. The molecule has 0 saturated carbocycles. The van der Waals surface area contributed by atoms with Gasteiger partial charge in [-0.05, 0) is 5.56 Å². The van der Waals surface area contributed by atoms with E-state index < -0.39 is 6.09 Å². The second kappa shape index (κ2) is 5.36. The van der Waals surface area contributed by atoms with Gasteiger partial charge in [0.1, 0.15) is 12.7 Å². The first-order valence-corrected chi connectivity index (χ1v) is 6.58. The summed E-state index contributed by atoms with van der Waals surface area (Å²) in [4.78, 5) is 22.8. The van der Waals surface area contributed by atoms with E-state index in [1.165, 1.54) is 0 Å². The number of amides is 1. The highest BCUT2D eigenvalue weighted by molar-refractivity contribution is 5.74. The molecule has 1 saturated heterocycles. The van der Waals surface area contributed by atoms with Gasteiger partial charge in [0, 0.05) is 18.0 Å². The van der Waals surface area contributed by atoms with E-state index in [-0.39, 0.29) is 24.6 Å². The van der Waals surface area contributed by atoms with Gasteiger partial charge in [0.05, 0.1) is 6.42 Å². The van der Waals surface area contributed by atoms with E-state index in [0.29, 0.717) is 12.8 Å². The molecule has 1 heterocycles. The predicted molar refractivity (Wildman–Crippen MR) is 70.4 cm³/mol. The number of hydrogen-bond donors (Lipinski definition) is 1. The number of nitrogens with one attached hydrogen (secondary N) is 1. The summed E-state index contributed by atoms with van der Waals surface area (Å²) in [6.45, 7) is 0.238. The lowest BCUT2D eigenvalue weighted by Gasteiger charge is -2.09. The van der Waals surface area contributed by atoms with Crippen LogP contribution in [0, 0.1) is 5.92 Å². The number of esters is 1. The van der Waals surface area contributed by atoms with Gasteiger partial charge in [-0.3, -0.25) is 10.1 Å². The third-order valence-electron chi connectivity index (χ3n) is 3.47. The number of fused-ring (bicyclic) bond motifs is 1. The molecule has 1 aliphatic carbocycles. The zero-order valence-electron chi connectivity index (χ0n) is 10.9. The molecule has 0 radical (unpaired) electrons. The van der Waals surface area contributed by atoms with Gasteiger partial charge in [0.25, 0.3) is 0 Å². The molecule has 2 atom stereocenters. The summed E-state index contributed by atoms with van der Waals surface area (Å²) in [6, 6.07) is 9.49. The fourth-order valence-corrected chi connectivity index (χ4v) is 2.51. The maximum absolute atomic E-state index is 11.7. The quantitative estimate of drug-likeness (QED) is 0.857. The Morgan fingerprint density at radius 1 is 1.30 bits per heavy atom. The minimum atomic E-state index is -0.480. The number of rotatable bonds is 3. The van der Waals surface area contributed by atoms with Crippen LogP contribution in [0.1, 0.15) is 18.4 Å².